The Morgan fingerprint density at radius 3 is 2.55 bits per heavy atom. The molecule has 5 rings (SSSR count). The third-order valence-corrected chi connectivity index (χ3v) is 7.70. The third kappa shape index (κ3) is 6.60. The molecule has 2 N–H and O–H groups in total. The highest BCUT2D eigenvalue weighted by Gasteiger charge is 2.18. The summed E-state index contributed by atoms with van der Waals surface area (Å²) in [4.78, 5) is 29.6. The van der Waals surface area contributed by atoms with E-state index in [1.807, 2.05) is 59.4 Å². The van der Waals surface area contributed by atoms with Crippen LogP contribution in [0.3, 0.4) is 0 Å². The maximum absolute atomic E-state index is 13.3. The van der Waals surface area contributed by atoms with Gasteiger partial charge in [0, 0.05) is 41.5 Å². The lowest BCUT2D eigenvalue weighted by atomic mass is 9.93. The van der Waals surface area contributed by atoms with Crippen molar-refractivity contribution in [3.05, 3.63) is 83.9 Å². The van der Waals surface area contributed by atoms with Crippen molar-refractivity contribution in [2.45, 2.75) is 53.4 Å². The first-order valence-corrected chi connectivity index (χ1v) is 14.8. The molecule has 0 saturated carbocycles. The normalized spacial score (nSPS) is 11.9. The van der Waals surface area contributed by atoms with Crippen molar-refractivity contribution in [3.63, 3.8) is 0 Å². The van der Waals surface area contributed by atoms with E-state index in [4.69, 9.17) is 9.97 Å². The van der Waals surface area contributed by atoms with E-state index in [-0.39, 0.29) is 11.3 Å². The number of imidazole rings is 1. The van der Waals surface area contributed by atoms with Crippen LogP contribution in [0.2, 0.25) is 0 Å². The lowest BCUT2D eigenvalue weighted by molar-refractivity contribution is 0.102. The number of rotatable bonds is 10. The second-order valence-electron chi connectivity index (χ2n) is 11.8. The number of aromatic nitrogens is 4. The number of benzene rings is 2. The fourth-order valence-electron chi connectivity index (χ4n) is 5.03. The SMILES string of the molecule is CCN(CC)CCCNc1ncc2cc(-c3cc(C(=O)Nc4ccc5nc(C(C)(C)C)cn5c4)ccc3C)ccc2n1. The van der Waals surface area contributed by atoms with E-state index in [9.17, 15) is 4.79 Å². The molecule has 3 heterocycles. The van der Waals surface area contributed by atoms with E-state index < -0.39 is 0 Å². The zero-order valence-electron chi connectivity index (χ0n) is 25.5. The van der Waals surface area contributed by atoms with Crippen molar-refractivity contribution in [3.8, 4) is 11.1 Å². The van der Waals surface area contributed by atoms with Gasteiger partial charge in [-0.15, -0.1) is 0 Å². The van der Waals surface area contributed by atoms with Crippen LogP contribution in [0, 0.1) is 6.92 Å². The molecule has 2 aromatic carbocycles. The highest BCUT2D eigenvalue weighted by molar-refractivity contribution is 6.05. The first-order chi connectivity index (χ1) is 20.1. The topological polar surface area (TPSA) is 87.5 Å². The number of nitrogens with zero attached hydrogens (tertiary/aromatic N) is 5. The van der Waals surface area contributed by atoms with Crippen molar-refractivity contribution in [1.82, 2.24) is 24.3 Å². The molecule has 0 aliphatic carbocycles. The maximum Gasteiger partial charge on any atom is 0.255 e. The van der Waals surface area contributed by atoms with Gasteiger partial charge in [0.05, 0.1) is 16.9 Å². The monoisotopic (exact) mass is 563 g/mol. The van der Waals surface area contributed by atoms with Gasteiger partial charge in [-0.3, -0.25) is 4.79 Å². The van der Waals surface area contributed by atoms with Gasteiger partial charge in [-0.1, -0.05) is 46.8 Å². The van der Waals surface area contributed by atoms with Gasteiger partial charge in [0.25, 0.3) is 5.91 Å². The molecule has 0 unspecified atom stereocenters. The average Bonchev–Trinajstić information content (AvgIpc) is 3.42. The van der Waals surface area contributed by atoms with Gasteiger partial charge in [0.1, 0.15) is 5.65 Å². The molecule has 1 amide bonds. The molecule has 8 nitrogen and oxygen atoms in total. The molecule has 0 atom stereocenters. The fourth-order valence-corrected chi connectivity index (χ4v) is 5.03. The van der Waals surface area contributed by atoms with Gasteiger partial charge in [0.2, 0.25) is 5.95 Å². The van der Waals surface area contributed by atoms with Crippen molar-refractivity contribution < 1.29 is 4.79 Å². The van der Waals surface area contributed by atoms with Crippen LogP contribution in [0.25, 0.3) is 27.7 Å². The van der Waals surface area contributed by atoms with Crippen LogP contribution in [-0.4, -0.2) is 56.3 Å². The molecule has 3 aromatic heterocycles. The number of hydrogen-bond acceptors (Lipinski definition) is 6. The summed E-state index contributed by atoms with van der Waals surface area (Å²) in [5.74, 6) is 0.487. The van der Waals surface area contributed by atoms with Gasteiger partial charge >= 0.3 is 0 Å². The molecule has 0 aliphatic rings. The van der Waals surface area contributed by atoms with E-state index in [2.05, 4.69) is 74.2 Å². The Hall–Kier alpha value is -4.30. The molecule has 0 aliphatic heterocycles. The number of hydrogen-bond donors (Lipinski definition) is 2. The summed E-state index contributed by atoms with van der Waals surface area (Å²) in [5, 5.41) is 7.36. The average molecular weight is 564 g/mol. The predicted molar refractivity (Wildman–Crippen MR) is 172 cm³/mol. The standard InChI is InChI=1S/C34H41N7O/c1-7-40(8-2)17-9-16-35-33-36-20-26-18-24(12-14-29(26)38-33)28-19-25(11-10-23(28)3)32(42)37-27-13-15-31-39-30(34(4,5)6)22-41(31)21-27/h10-15,18-22H,7-9,16-17H2,1-6H3,(H,37,42)(H,35,36,38). The van der Waals surface area contributed by atoms with Crippen LogP contribution < -0.4 is 10.6 Å². The minimum atomic E-state index is -0.160. The summed E-state index contributed by atoms with van der Waals surface area (Å²) >= 11 is 0. The number of pyridine rings is 1. The minimum absolute atomic E-state index is 0.0488. The van der Waals surface area contributed by atoms with Crippen molar-refractivity contribution >= 4 is 34.1 Å². The number of nitrogens with one attached hydrogen (secondary N) is 2. The van der Waals surface area contributed by atoms with Gasteiger partial charge in [-0.25, -0.2) is 15.0 Å². The second kappa shape index (κ2) is 12.3. The molecule has 0 saturated heterocycles. The zero-order valence-corrected chi connectivity index (χ0v) is 25.5. The van der Waals surface area contributed by atoms with Gasteiger partial charge in [0.15, 0.2) is 0 Å². The molecule has 0 spiro atoms. The van der Waals surface area contributed by atoms with Crippen LogP contribution in [-0.2, 0) is 5.41 Å². The highest BCUT2D eigenvalue weighted by atomic mass is 16.1. The Kier molecular flexibility index (Phi) is 8.54. The van der Waals surface area contributed by atoms with Gasteiger partial charge in [-0.05, 0) is 86.1 Å². The molecule has 0 bridgehead atoms. The van der Waals surface area contributed by atoms with Crippen LogP contribution in [0.1, 0.15) is 62.7 Å². The first-order valence-electron chi connectivity index (χ1n) is 14.8. The van der Waals surface area contributed by atoms with Crippen LogP contribution in [0.4, 0.5) is 11.6 Å². The fraction of sp³-hybridized carbons (Fsp3) is 0.353. The van der Waals surface area contributed by atoms with E-state index in [0.29, 0.717) is 17.2 Å². The molecule has 0 fully saturated rings. The number of carbonyl (C=O) groups is 1. The van der Waals surface area contributed by atoms with E-state index >= 15 is 0 Å². The summed E-state index contributed by atoms with van der Waals surface area (Å²) in [6.45, 7) is 16.9. The Morgan fingerprint density at radius 2 is 1.79 bits per heavy atom. The van der Waals surface area contributed by atoms with Crippen LogP contribution >= 0.6 is 0 Å². The summed E-state index contributed by atoms with van der Waals surface area (Å²) in [5.41, 5.74) is 7.12. The molecule has 5 aromatic rings. The Bertz CT molecular complexity index is 1710. The van der Waals surface area contributed by atoms with Gasteiger partial charge in [-0.2, -0.15) is 0 Å². The van der Waals surface area contributed by atoms with Crippen molar-refractivity contribution in [1.29, 1.82) is 0 Å². The summed E-state index contributed by atoms with van der Waals surface area (Å²) < 4.78 is 1.96. The number of fused-ring (bicyclic) bond motifs is 2. The summed E-state index contributed by atoms with van der Waals surface area (Å²) in [7, 11) is 0. The molecule has 0 radical (unpaired) electrons. The lowest BCUT2D eigenvalue weighted by Gasteiger charge is -2.17. The molecular weight excluding hydrogens is 522 g/mol. The predicted octanol–water partition coefficient (Wildman–Crippen LogP) is 6.95. The third-order valence-electron chi connectivity index (χ3n) is 7.70. The number of carbonyl (C=O) groups excluding carboxylic acids is 1. The Balaban J connectivity index is 1.30. The van der Waals surface area contributed by atoms with Crippen molar-refractivity contribution in [2.24, 2.45) is 0 Å². The smallest absolute Gasteiger partial charge is 0.255 e. The van der Waals surface area contributed by atoms with Crippen LogP contribution in [0.5, 0.6) is 0 Å². The zero-order chi connectivity index (χ0) is 29.9. The minimum Gasteiger partial charge on any atom is -0.354 e. The first kappa shape index (κ1) is 29.2. The number of amides is 1. The van der Waals surface area contributed by atoms with Crippen molar-refractivity contribution in [2.75, 3.05) is 36.8 Å². The maximum atomic E-state index is 13.3. The highest BCUT2D eigenvalue weighted by Crippen LogP contribution is 2.28. The Labute approximate surface area is 248 Å². The second-order valence-corrected chi connectivity index (χ2v) is 11.8. The summed E-state index contributed by atoms with van der Waals surface area (Å²) in [6.07, 6.45) is 6.83. The van der Waals surface area contributed by atoms with E-state index in [1.54, 1.807) is 0 Å². The quantitative estimate of drug-likeness (QED) is 0.179. The molecule has 218 valence electrons. The molecular formula is C34H41N7O. The number of aryl methyl sites for hydroxylation is 1. The Morgan fingerprint density at radius 1 is 0.976 bits per heavy atom. The van der Waals surface area contributed by atoms with E-state index in [1.165, 1.54) is 0 Å². The van der Waals surface area contributed by atoms with Gasteiger partial charge < -0.3 is 19.9 Å². The molecule has 8 heteroatoms. The van der Waals surface area contributed by atoms with E-state index in [0.717, 1.165) is 71.5 Å². The largest absolute Gasteiger partial charge is 0.354 e. The summed E-state index contributed by atoms with van der Waals surface area (Å²) in [6, 6.07) is 15.8. The number of anilines is 2. The molecule has 42 heavy (non-hydrogen) atoms. The lowest BCUT2D eigenvalue weighted by Crippen LogP contribution is -2.25. The van der Waals surface area contributed by atoms with Crippen LogP contribution in [0.15, 0.2) is 67.1 Å².